The van der Waals surface area contributed by atoms with Crippen LogP contribution in [0.1, 0.15) is 127 Å². The van der Waals surface area contributed by atoms with Crippen LogP contribution in [0.5, 0.6) is 0 Å². The molecular formula is C29H47N9OS. The van der Waals surface area contributed by atoms with Crippen molar-refractivity contribution in [3.63, 3.8) is 0 Å². The lowest BCUT2D eigenvalue weighted by atomic mass is 10.1. The number of rotatable bonds is 5. The molecule has 0 aliphatic rings. The quantitative estimate of drug-likeness (QED) is 0.194. The molecule has 0 radical (unpaired) electrons. The van der Waals surface area contributed by atoms with Crippen molar-refractivity contribution >= 4 is 11.3 Å². The number of aromatic amines is 3. The first kappa shape index (κ1) is 34.4. The maximum atomic E-state index is 4.63. The molecule has 0 spiro atoms. The van der Waals surface area contributed by atoms with Crippen LogP contribution in [0.3, 0.4) is 0 Å². The van der Waals surface area contributed by atoms with E-state index in [0.717, 1.165) is 11.4 Å². The van der Waals surface area contributed by atoms with Crippen LogP contribution in [-0.2, 0) is 0 Å². The zero-order valence-corrected chi connectivity index (χ0v) is 26.4. The van der Waals surface area contributed by atoms with E-state index in [1.54, 1.807) is 36.3 Å². The number of hydrogen-bond acceptors (Lipinski definition) is 8. The largest absolute Gasteiger partial charge is 0.365 e. The third-order valence-corrected chi connectivity index (χ3v) is 6.01. The van der Waals surface area contributed by atoms with Crippen molar-refractivity contribution in [3.8, 4) is 0 Å². The summed E-state index contributed by atoms with van der Waals surface area (Å²) in [5.41, 5.74) is 7.51. The lowest BCUT2D eigenvalue weighted by molar-refractivity contribution is 0.408. The highest BCUT2D eigenvalue weighted by atomic mass is 32.1. The number of nitrogens with zero attached hydrogens (tertiary/aromatic N) is 6. The van der Waals surface area contributed by atoms with Gasteiger partial charge in [0, 0.05) is 35.2 Å². The molecule has 0 fully saturated rings. The van der Waals surface area contributed by atoms with Gasteiger partial charge in [-0.15, -0.1) is 11.3 Å². The minimum Gasteiger partial charge on any atom is -0.365 e. The second kappa shape index (κ2) is 19.5. The smallest absolute Gasteiger partial charge is 0.124 e. The fourth-order valence-electron chi connectivity index (χ4n) is 2.69. The number of H-pyrrole nitrogens is 3. The van der Waals surface area contributed by atoms with Gasteiger partial charge >= 0.3 is 0 Å². The Kier molecular flexibility index (Phi) is 16.7. The second-order valence-corrected chi connectivity index (χ2v) is 11.2. The van der Waals surface area contributed by atoms with Gasteiger partial charge in [0.15, 0.2) is 0 Å². The van der Waals surface area contributed by atoms with E-state index in [2.05, 4.69) is 125 Å². The van der Waals surface area contributed by atoms with Crippen LogP contribution >= 0.6 is 11.3 Å². The Morgan fingerprint density at radius 1 is 0.725 bits per heavy atom. The Morgan fingerprint density at radius 2 is 1.40 bits per heavy atom. The van der Waals surface area contributed by atoms with E-state index in [-0.39, 0.29) is 0 Å². The van der Waals surface area contributed by atoms with Crippen LogP contribution in [0.2, 0.25) is 0 Å². The van der Waals surface area contributed by atoms with Crippen LogP contribution < -0.4 is 0 Å². The molecule has 11 heteroatoms. The molecule has 0 atom stereocenters. The standard InChI is InChI=1S/2C6H10N2.C6H9NO.C6H9NS.C5H9N3/c1-5(2)6-3-7-4-8-6;1-5(2)6-3-4-7-8-6;1-5(2)6-3-4-8-7-6;1-5(2)6-3-8-4-7-6;1-4(2)5-3-6-8-7-5/h2*3-5H,1-2H3,(H,7,8);2*3-5H,1-2H3;3-4H,1-2H3,(H,6,7,8). The molecule has 0 saturated heterocycles. The van der Waals surface area contributed by atoms with Gasteiger partial charge in [-0.25, -0.2) is 9.97 Å². The molecule has 0 aromatic carbocycles. The molecule has 40 heavy (non-hydrogen) atoms. The molecule has 3 N–H and O–H groups in total. The first-order valence-electron chi connectivity index (χ1n) is 13.6. The second-order valence-electron chi connectivity index (χ2n) is 10.5. The summed E-state index contributed by atoms with van der Waals surface area (Å²) in [5, 5.41) is 22.6. The Morgan fingerprint density at radius 3 is 1.65 bits per heavy atom. The van der Waals surface area contributed by atoms with Gasteiger partial charge in [0.2, 0.25) is 0 Å². The first-order chi connectivity index (χ1) is 19.0. The Hall–Kier alpha value is -3.60. The van der Waals surface area contributed by atoms with E-state index >= 15 is 0 Å². The van der Waals surface area contributed by atoms with E-state index in [0.29, 0.717) is 29.6 Å². The van der Waals surface area contributed by atoms with Gasteiger partial charge in [0.1, 0.15) is 6.26 Å². The number of hydrogen-bond donors (Lipinski definition) is 3. The average Bonchev–Trinajstić information content (AvgIpc) is 3.74. The zero-order valence-electron chi connectivity index (χ0n) is 25.6. The summed E-state index contributed by atoms with van der Waals surface area (Å²) in [4.78, 5) is 11.0. The van der Waals surface area contributed by atoms with Gasteiger partial charge < -0.3 is 9.51 Å². The molecular weight excluding hydrogens is 522 g/mol. The fourth-order valence-corrected chi connectivity index (χ4v) is 3.40. The molecule has 5 rings (SSSR count). The molecule has 0 unspecified atom stereocenters. The number of thiazole rings is 1. The highest BCUT2D eigenvalue weighted by Crippen LogP contribution is 2.12. The van der Waals surface area contributed by atoms with E-state index in [9.17, 15) is 0 Å². The summed E-state index contributed by atoms with van der Waals surface area (Å²) in [6.07, 6.45) is 8.66. The molecule has 5 aromatic rings. The average molecular weight is 570 g/mol. The van der Waals surface area contributed by atoms with Gasteiger partial charge in [-0.2, -0.15) is 20.5 Å². The van der Waals surface area contributed by atoms with E-state index in [1.165, 1.54) is 17.1 Å². The normalized spacial score (nSPS) is 10.4. The Labute approximate surface area is 242 Å². The Balaban J connectivity index is 0.000000250. The molecule has 0 bridgehead atoms. The lowest BCUT2D eigenvalue weighted by Crippen LogP contribution is -1.85. The van der Waals surface area contributed by atoms with E-state index in [1.807, 2.05) is 23.8 Å². The number of imidazole rings is 1. The van der Waals surface area contributed by atoms with Crippen molar-refractivity contribution in [3.05, 3.63) is 82.7 Å². The summed E-state index contributed by atoms with van der Waals surface area (Å²) in [7, 11) is 0. The van der Waals surface area contributed by atoms with E-state index < -0.39 is 0 Å². The van der Waals surface area contributed by atoms with Crippen molar-refractivity contribution in [1.82, 2.24) is 45.7 Å². The predicted octanol–water partition coefficient (Wildman–Crippen LogP) is 8.06. The first-order valence-corrected chi connectivity index (χ1v) is 14.6. The molecule has 0 amide bonds. The highest BCUT2D eigenvalue weighted by Gasteiger charge is 2.00. The van der Waals surface area contributed by atoms with Crippen LogP contribution in [0.15, 0.2) is 58.7 Å². The molecule has 220 valence electrons. The summed E-state index contributed by atoms with van der Waals surface area (Å²) >= 11 is 1.66. The third-order valence-electron chi connectivity index (χ3n) is 5.40. The minimum absolute atomic E-state index is 0.480. The van der Waals surface area contributed by atoms with Gasteiger partial charge in [0.25, 0.3) is 0 Å². The minimum atomic E-state index is 0.480. The molecule has 5 heterocycles. The SMILES string of the molecule is CC(C)c1ccn[nH]1.CC(C)c1ccon1.CC(C)c1cn[nH]n1.CC(C)c1cnc[nH]1.CC(C)c1cscn1. The fraction of sp³-hybridized carbons (Fsp3) is 0.517. The summed E-state index contributed by atoms with van der Waals surface area (Å²) in [5.74, 6) is 2.68. The van der Waals surface area contributed by atoms with Gasteiger partial charge in [0.05, 0.1) is 35.1 Å². The predicted molar refractivity (Wildman–Crippen MR) is 163 cm³/mol. The van der Waals surface area contributed by atoms with Crippen molar-refractivity contribution in [2.75, 3.05) is 0 Å². The summed E-state index contributed by atoms with van der Waals surface area (Å²) < 4.78 is 4.63. The third kappa shape index (κ3) is 14.5. The molecule has 10 nitrogen and oxygen atoms in total. The Bertz CT molecular complexity index is 941. The van der Waals surface area contributed by atoms with Gasteiger partial charge in [-0.05, 0) is 35.7 Å². The van der Waals surface area contributed by atoms with Crippen molar-refractivity contribution in [2.24, 2.45) is 0 Å². The summed E-state index contributed by atoms with van der Waals surface area (Å²) in [6.45, 7) is 21.2. The maximum absolute atomic E-state index is 4.63. The van der Waals surface area contributed by atoms with Crippen LogP contribution in [-0.4, -0.2) is 45.7 Å². The number of nitrogens with one attached hydrogen (secondary N) is 3. The van der Waals surface area contributed by atoms with Gasteiger partial charge in [-0.1, -0.05) is 74.4 Å². The maximum Gasteiger partial charge on any atom is 0.124 e. The van der Waals surface area contributed by atoms with Crippen molar-refractivity contribution in [1.29, 1.82) is 0 Å². The van der Waals surface area contributed by atoms with Crippen molar-refractivity contribution < 1.29 is 4.52 Å². The van der Waals surface area contributed by atoms with Crippen LogP contribution in [0.25, 0.3) is 0 Å². The molecule has 5 aromatic heterocycles. The lowest BCUT2D eigenvalue weighted by Gasteiger charge is -1.95. The highest BCUT2D eigenvalue weighted by molar-refractivity contribution is 7.07. The topological polar surface area (TPSA) is 138 Å². The molecule has 0 aliphatic heterocycles. The summed E-state index contributed by atoms with van der Waals surface area (Å²) in [6, 6.07) is 3.87. The molecule has 0 aliphatic carbocycles. The van der Waals surface area contributed by atoms with Gasteiger partial charge in [-0.3, -0.25) is 5.10 Å². The van der Waals surface area contributed by atoms with E-state index in [4.69, 9.17) is 0 Å². The van der Waals surface area contributed by atoms with Crippen molar-refractivity contribution in [2.45, 2.75) is 98.8 Å². The molecule has 0 saturated carbocycles. The van der Waals surface area contributed by atoms with Crippen LogP contribution in [0.4, 0.5) is 0 Å². The number of aromatic nitrogens is 9. The monoisotopic (exact) mass is 569 g/mol. The zero-order chi connectivity index (χ0) is 29.9. The van der Waals surface area contributed by atoms with Crippen LogP contribution in [0, 0.1) is 0 Å².